The average Bonchev–Trinajstić information content (AvgIpc) is 2.69. The summed E-state index contributed by atoms with van der Waals surface area (Å²) in [6, 6.07) is 9.81. The number of ether oxygens (including phenoxy) is 2. The molecule has 0 aromatic heterocycles. The number of hydrogen-bond donors (Lipinski definition) is 1. The van der Waals surface area contributed by atoms with Crippen LogP contribution in [0.25, 0.3) is 0 Å². The molecule has 2 aromatic carbocycles. The second kappa shape index (κ2) is 10.7. The van der Waals surface area contributed by atoms with Crippen LogP contribution in [-0.2, 0) is 14.8 Å². The van der Waals surface area contributed by atoms with Crippen LogP contribution in [0.4, 0.5) is 4.39 Å². The first kappa shape index (κ1) is 23.3. The first-order valence-corrected chi connectivity index (χ1v) is 10.9. The molecule has 0 heterocycles. The SMILES string of the molecule is COCCNS(=O)(=O)c1ccc(Br)c(C(=O)N(C)CCOc2ccc(F)cc2)c1. The van der Waals surface area contributed by atoms with Crippen LogP contribution < -0.4 is 9.46 Å². The van der Waals surface area contributed by atoms with Crippen molar-refractivity contribution in [2.75, 3.05) is 40.5 Å². The van der Waals surface area contributed by atoms with Crippen LogP contribution in [0.3, 0.4) is 0 Å². The van der Waals surface area contributed by atoms with Crippen molar-refractivity contribution in [1.82, 2.24) is 9.62 Å². The van der Waals surface area contributed by atoms with Gasteiger partial charge in [-0.3, -0.25) is 4.79 Å². The predicted octanol–water partition coefficient (Wildman–Crippen LogP) is 2.66. The van der Waals surface area contributed by atoms with Crippen molar-refractivity contribution < 1.29 is 27.1 Å². The number of amides is 1. The van der Waals surface area contributed by atoms with Crippen LogP contribution in [0, 0.1) is 5.82 Å². The smallest absolute Gasteiger partial charge is 0.254 e. The van der Waals surface area contributed by atoms with Gasteiger partial charge in [0, 0.05) is 25.2 Å². The molecule has 0 aliphatic rings. The highest BCUT2D eigenvalue weighted by Crippen LogP contribution is 2.22. The third kappa shape index (κ3) is 6.77. The molecular formula is C19H22BrFN2O5S. The molecule has 1 N–H and O–H groups in total. The number of halogens is 2. The first-order chi connectivity index (χ1) is 13.7. The van der Waals surface area contributed by atoms with E-state index in [2.05, 4.69) is 20.7 Å². The Morgan fingerprint density at radius 1 is 1.17 bits per heavy atom. The molecule has 29 heavy (non-hydrogen) atoms. The third-order valence-corrected chi connectivity index (χ3v) is 6.08. The van der Waals surface area contributed by atoms with Crippen LogP contribution in [0.2, 0.25) is 0 Å². The lowest BCUT2D eigenvalue weighted by molar-refractivity contribution is 0.0772. The Bertz CT molecular complexity index is 938. The highest BCUT2D eigenvalue weighted by atomic mass is 79.9. The molecule has 0 unspecified atom stereocenters. The maximum Gasteiger partial charge on any atom is 0.254 e. The topological polar surface area (TPSA) is 84.9 Å². The molecule has 0 saturated heterocycles. The molecule has 0 saturated carbocycles. The van der Waals surface area contributed by atoms with Crippen LogP contribution in [0.15, 0.2) is 51.8 Å². The summed E-state index contributed by atoms with van der Waals surface area (Å²) in [4.78, 5) is 14.1. The van der Waals surface area contributed by atoms with Crippen LogP contribution >= 0.6 is 15.9 Å². The van der Waals surface area contributed by atoms with Crippen molar-refractivity contribution in [1.29, 1.82) is 0 Å². The Morgan fingerprint density at radius 3 is 2.52 bits per heavy atom. The van der Waals surface area contributed by atoms with Crippen molar-refractivity contribution in [3.63, 3.8) is 0 Å². The summed E-state index contributed by atoms with van der Waals surface area (Å²) < 4.78 is 50.8. The monoisotopic (exact) mass is 488 g/mol. The molecule has 0 bridgehead atoms. The number of nitrogens with one attached hydrogen (secondary N) is 1. The van der Waals surface area contributed by atoms with Gasteiger partial charge in [0.1, 0.15) is 18.2 Å². The summed E-state index contributed by atoms with van der Waals surface area (Å²) in [6.07, 6.45) is 0. The molecule has 0 fully saturated rings. The third-order valence-electron chi connectivity index (χ3n) is 3.93. The van der Waals surface area contributed by atoms with Gasteiger partial charge >= 0.3 is 0 Å². The van der Waals surface area contributed by atoms with E-state index in [-0.39, 0.29) is 48.5 Å². The summed E-state index contributed by atoms with van der Waals surface area (Å²) in [5, 5.41) is 0. The van der Waals surface area contributed by atoms with Gasteiger partial charge in [-0.05, 0) is 58.4 Å². The zero-order chi connectivity index (χ0) is 21.4. The molecule has 2 rings (SSSR count). The Labute approximate surface area is 178 Å². The zero-order valence-corrected chi connectivity index (χ0v) is 18.4. The van der Waals surface area contributed by atoms with E-state index in [0.29, 0.717) is 10.2 Å². The van der Waals surface area contributed by atoms with Gasteiger partial charge in [-0.15, -0.1) is 0 Å². The van der Waals surface area contributed by atoms with Crippen LogP contribution in [-0.4, -0.2) is 59.7 Å². The fourth-order valence-electron chi connectivity index (χ4n) is 2.34. The maximum absolute atomic E-state index is 12.9. The second-order valence-corrected chi connectivity index (χ2v) is 8.68. The Hall–Kier alpha value is -2.01. The predicted molar refractivity (Wildman–Crippen MR) is 110 cm³/mol. The molecule has 0 radical (unpaired) electrons. The highest BCUT2D eigenvalue weighted by molar-refractivity contribution is 9.10. The van der Waals surface area contributed by atoms with Crippen LogP contribution in [0.1, 0.15) is 10.4 Å². The maximum atomic E-state index is 12.9. The molecule has 158 valence electrons. The van der Waals surface area contributed by atoms with Gasteiger partial charge in [-0.1, -0.05) is 0 Å². The number of nitrogens with zero attached hydrogens (tertiary/aromatic N) is 1. The van der Waals surface area contributed by atoms with Gasteiger partial charge < -0.3 is 14.4 Å². The number of carbonyl (C=O) groups is 1. The fraction of sp³-hybridized carbons (Fsp3) is 0.316. The van der Waals surface area contributed by atoms with E-state index in [1.807, 2.05) is 0 Å². The number of benzene rings is 2. The summed E-state index contributed by atoms with van der Waals surface area (Å²) in [5.41, 5.74) is 0.212. The van der Waals surface area contributed by atoms with Crippen molar-refractivity contribution in [2.45, 2.75) is 4.90 Å². The van der Waals surface area contributed by atoms with Crippen molar-refractivity contribution in [2.24, 2.45) is 0 Å². The molecular weight excluding hydrogens is 467 g/mol. The number of methoxy groups -OCH3 is 1. The van der Waals surface area contributed by atoms with Crippen molar-refractivity contribution >= 4 is 31.9 Å². The quantitative estimate of drug-likeness (QED) is 0.519. The van der Waals surface area contributed by atoms with Gasteiger partial charge in [-0.25, -0.2) is 17.5 Å². The normalized spacial score (nSPS) is 11.3. The van der Waals surface area contributed by atoms with E-state index in [0.717, 1.165) is 0 Å². The fourth-order valence-corrected chi connectivity index (χ4v) is 3.79. The molecule has 0 spiro atoms. The first-order valence-electron chi connectivity index (χ1n) is 8.66. The van der Waals surface area contributed by atoms with Gasteiger partial charge in [-0.2, -0.15) is 0 Å². The number of carbonyl (C=O) groups excluding carboxylic acids is 1. The molecule has 7 nitrogen and oxygen atoms in total. The van der Waals surface area contributed by atoms with Gasteiger partial charge in [0.05, 0.1) is 23.6 Å². The summed E-state index contributed by atoms with van der Waals surface area (Å²) in [7, 11) is -0.708. The lowest BCUT2D eigenvalue weighted by atomic mass is 10.2. The summed E-state index contributed by atoms with van der Waals surface area (Å²) in [6.45, 7) is 0.810. The highest BCUT2D eigenvalue weighted by Gasteiger charge is 2.20. The standard InChI is InChI=1S/C19H22BrFN2O5S/c1-23(10-12-28-15-5-3-14(21)4-6-15)19(24)17-13-16(7-8-18(17)20)29(25,26)22-9-11-27-2/h3-8,13,22H,9-12H2,1-2H3. The molecule has 0 aliphatic heterocycles. The van der Waals surface area contributed by atoms with E-state index < -0.39 is 10.0 Å². The van der Waals surface area contributed by atoms with Gasteiger partial charge in [0.25, 0.3) is 5.91 Å². The minimum atomic E-state index is -3.76. The second-order valence-electron chi connectivity index (χ2n) is 6.06. The van der Waals surface area contributed by atoms with E-state index in [1.54, 1.807) is 7.05 Å². The van der Waals surface area contributed by atoms with Gasteiger partial charge in [0.2, 0.25) is 10.0 Å². The number of sulfonamides is 1. The zero-order valence-electron chi connectivity index (χ0n) is 16.0. The van der Waals surface area contributed by atoms with Crippen LogP contribution in [0.5, 0.6) is 5.75 Å². The van der Waals surface area contributed by atoms with E-state index in [1.165, 1.54) is 54.5 Å². The molecule has 0 atom stereocenters. The molecule has 10 heteroatoms. The van der Waals surface area contributed by atoms with E-state index in [9.17, 15) is 17.6 Å². The summed E-state index contributed by atoms with van der Waals surface area (Å²) in [5.74, 6) is -0.238. The molecule has 0 aliphatic carbocycles. The number of hydrogen-bond acceptors (Lipinski definition) is 5. The van der Waals surface area contributed by atoms with E-state index >= 15 is 0 Å². The minimum Gasteiger partial charge on any atom is -0.492 e. The van der Waals surface area contributed by atoms with Gasteiger partial charge in [0.15, 0.2) is 0 Å². The largest absolute Gasteiger partial charge is 0.492 e. The number of rotatable bonds is 10. The molecule has 1 amide bonds. The Balaban J connectivity index is 2.03. The van der Waals surface area contributed by atoms with E-state index in [4.69, 9.17) is 9.47 Å². The number of likely N-dealkylation sites (N-methyl/N-ethyl adjacent to an activating group) is 1. The summed E-state index contributed by atoms with van der Waals surface area (Å²) >= 11 is 3.29. The Kier molecular flexibility index (Phi) is 8.57. The van der Waals surface area contributed by atoms with Crippen molar-refractivity contribution in [3.05, 3.63) is 58.3 Å². The molecule has 2 aromatic rings. The van der Waals surface area contributed by atoms with Crippen molar-refractivity contribution in [3.8, 4) is 5.75 Å². The lowest BCUT2D eigenvalue weighted by Crippen LogP contribution is -2.31. The minimum absolute atomic E-state index is 0.0175. The Morgan fingerprint density at radius 2 is 1.86 bits per heavy atom. The average molecular weight is 489 g/mol. The lowest BCUT2D eigenvalue weighted by Gasteiger charge is -2.19.